The van der Waals surface area contributed by atoms with Gasteiger partial charge in [0.05, 0.1) is 13.2 Å². The lowest BCUT2D eigenvalue weighted by Gasteiger charge is -2.11. The maximum Gasteiger partial charge on any atom is 0.224 e. The predicted molar refractivity (Wildman–Crippen MR) is 89.1 cm³/mol. The van der Waals surface area contributed by atoms with Gasteiger partial charge in [-0.15, -0.1) is 0 Å². The first-order valence-electron chi connectivity index (χ1n) is 7.62. The number of rotatable bonds is 8. The Morgan fingerprint density at radius 2 is 1.83 bits per heavy atom. The van der Waals surface area contributed by atoms with Crippen LogP contribution in [0.4, 0.5) is 5.69 Å². The van der Waals surface area contributed by atoms with E-state index in [4.69, 9.17) is 9.47 Å². The van der Waals surface area contributed by atoms with Crippen molar-refractivity contribution in [1.82, 2.24) is 0 Å². The Hall–Kier alpha value is -2.69. The number of carbonyl (C=O) groups excluding carboxylic acids is 1. The molecule has 0 spiro atoms. The number of para-hydroxylation sites is 2. The molecule has 0 fully saturated rings. The number of phenols is 1. The smallest absolute Gasteiger partial charge is 0.224 e. The molecule has 2 rings (SSSR count). The van der Waals surface area contributed by atoms with E-state index in [2.05, 4.69) is 5.32 Å². The van der Waals surface area contributed by atoms with Crippen LogP contribution in [-0.2, 0) is 4.79 Å². The fourth-order valence-electron chi connectivity index (χ4n) is 2.07. The zero-order valence-corrected chi connectivity index (χ0v) is 13.1. The molecule has 0 bridgehead atoms. The third kappa shape index (κ3) is 5.54. The SMILES string of the molecule is CCOc1ccccc1OCCCC(=O)Nc1cccc(O)c1. The van der Waals surface area contributed by atoms with Gasteiger partial charge in [0.2, 0.25) is 5.91 Å². The normalized spacial score (nSPS) is 10.1. The van der Waals surface area contributed by atoms with E-state index < -0.39 is 0 Å². The molecule has 0 aromatic heterocycles. The van der Waals surface area contributed by atoms with Gasteiger partial charge < -0.3 is 19.9 Å². The van der Waals surface area contributed by atoms with Gasteiger partial charge in [-0.2, -0.15) is 0 Å². The van der Waals surface area contributed by atoms with Gasteiger partial charge in [0.15, 0.2) is 11.5 Å². The number of aromatic hydroxyl groups is 1. The molecule has 0 unspecified atom stereocenters. The number of phenolic OH excluding ortho intramolecular Hbond substituents is 1. The topological polar surface area (TPSA) is 67.8 Å². The highest BCUT2D eigenvalue weighted by molar-refractivity contribution is 5.90. The molecule has 0 saturated heterocycles. The summed E-state index contributed by atoms with van der Waals surface area (Å²) in [6, 6.07) is 13.9. The van der Waals surface area contributed by atoms with Gasteiger partial charge in [-0.05, 0) is 37.6 Å². The summed E-state index contributed by atoms with van der Waals surface area (Å²) in [5, 5.41) is 12.1. The van der Waals surface area contributed by atoms with E-state index in [1.54, 1.807) is 18.2 Å². The maximum atomic E-state index is 11.8. The van der Waals surface area contributed by atoms with Gasteiger partial charge in [-0.25, -0.2) is 0 Å². The number of anilines is 1. The van der Waals surface area contributed by atoms with Gasteiger partial charge >= 0.3 is 0 Å². The van der Waals surface area contributed by atoms with Crippen molar-refractivity contribution in [3.63, 3.8) is 0 Å². The van der Waals surface area contributed by atoms with E-state index in [-0.39, 0.29) is 11.7 Å². The summed E-state index contributed by atoms with van der Waals surface area (Å²) in [7, 11) is 0. The second-order valence-electron chi connectivity index (χ2n) is 4.93. The molecule has 2 aromatic carbocycles. The number of nitrogens with one attached hydrogen (secondary N) is 1. The highest BCUT2D eigenvalue weighted by atomic mass is 16.5. The van der Waals surface area contributed by atoms with Crippen LogP contribution < -0.4 is 14.8 Å². The number of benzene rings is 2. The molecule has 23 heavy (non-hydrogen) atoms. The Labute approximate surface area is 135 Å². The summed E-state index contributed by atoms with van der Waals surface area (Å²) in [5.41, 5.74) is 0.581. The Balaban J connectivity index is 1.74. The third-order valence-corrected chi connectivity index (χ3v) is 3.08. The van der Waals surface area contributed by atoms with E-state index in [1.165, 1.54) is 6.07 Å². The van der Waals surface area contributed by atoms with E-state index in [9.17, 15) is 9.90 Å². The number of amides is 1. The van der Waals surface area contributed by atoms with Crippen molar-refractivity contribution in [1.29, 1.82) is 0 Å². The van der Waals surface area contributed by atoms with Gasteiger partial charge in [0.1, 0.15) is 5.75 Å². The monoisotopic (exact) mass is 315 g/mol. The molecule has 0 atom stereocenters. The van der Waals surface area contributed by atoms with Crippen molar-refractivity contribution in [2.75, 3.05) is 18.5 Å². The minimum atomic E-state index is -0.114. The molecule has 0 saturated carbocycles. The lowest BCUT2D eigenvalue weighted by atomic mass is 10.2. The molecule has 0 radical (unpaired) electrons. The molecular formula is C18H21NO4. The first kappa shape index (κ1) is 16.7. The fourth-order valence-corrected chi connectivity index (χ4v) is 2.07. The highest BCUT2D eigenvalue weighted by Crippen LogP contribution is 2.26. The van der Waals surface area contributed by atoms with Crippen LogP contribution in [0.15, 0.2) is 48.5 Å². The van der Waals surface area contributed by atoms with Crippen LogP contribution in [0.1, 0.15) is 19.8 Å². The molecule has 2 N–H and O–H groups in total. The van der Waals surface area contributed by atoms with Gasteiger partial charge in [-0.1, -0.05) is 18.2 Å². The van der Waals surface area contributed by atoms with E-state index in [0.29, 0.717) is 43.2 Å². The molecule has 0 aliphatic rings. The summed E-state index contributed by atoms with van der Waals surface area (Å²) in [6.45, 7) is 2.92. The number of carbonyl (C=O) groups is 1. The molecule has 0 heterocycles. The van der Waals surface area contributed by atoms with Crippen LogP contribution in [0.25, 0.3) is 0 Å². The van der Waals surface area contributed by atoms with Crippen molar-refractivity contribution >= 4 is 11.6 Å². The van der Waals surface area contributed by atoms with Crippen molar-refractivity contribution in [3.8, 4) is 17.2 Å². The first-order chi connectivity index (χ1) is 11.2. The Kier molecular flexibility index (Phi) is 6.29. The van der Waals surface area contributed by atoms with Crippen LogP contribution in [0.5, 0.6) is 17.2 Å². The van der Waals surface area contributed by atoms with Crippen molar-refractivity contribution in [3.05, 3.63) is 48.5 Å². The molecule has 0 aliphatic heterocycles. The van der Waals surface area contributed by atoms with Gasteiger partial charge in [-0.3, -0.25) is 4.79 Å². The predicted octanol–water partition coefficient (Wildman–Crippen LogP) is 3.59. The zero-order chi connectivity index (χ0) is 16.5. The number of ether oxygens (including phenoxy) is 2. The molecule has 1 amide bonds. The van der Waals surface area contributed by atoms with Gasteiger partial charge in [0.25, 0.3) is 0 Å². The minimum Gasteiger partial charge on any atom is -0.508 e. The summed E-state index contributed by atoms with van der Waals surface area (Å²) < 4.78 is 11.1. The van der Waals surface area contributed by atoms with Crippen molar-refractivity contribution in [2.45, 2.75) is 19.8 Å². The summed E-state index contributed by atoms with van der Waals surface area (Å²) in [5.74, 6) is 1.40. The lowest BCUT2D eigenvalue weighted by molar-refractivity contribution is -0.116. The molecule has 0 aliphatic carbocycles. The standard InChI is InChI=1S/C18H21NO4/c1-2-22-16-9-3-4-10-17(16)23-12-6-11-18(21)19-14-7-5-8-15(20)13-14/h3-5,7-10,13,20H,2,6,11-12H2,1H3,(H,19,21). The molecule has 122 valence electrons. The van der Waals surface area contributed by atoms with Crippen molar-refractivity contribution in [2.24, 2.45) is 0 Å². The second-order valence-corrected chi connectivity index (χ2v) is 4.93. The van der Waals surface area contributed by atoms with E-state index in [0.717, 1.165) is 0 Å². The Bertz CT molecular complexity index is 642. The van der Waals surface area contributed by atoms with Crippen molar-refractivity contribution < 1.29 is 19.4 Å². The van der Waals surface area contributed by atoms with Gasteiger partial charge in [0, 0.05) is 18.2 Å². The average molecular weight is 315 g/mol. The van der Waals surface area contributed by atoms with Crippen LogP contribution in [-0.4, -0.2) is 24.2 Å². The average Bonchev–Trinajstić information content (AvgIpc) is 2.53. The minimum absolute atomic E-state index is 0.114. The molecular weight excluding hydrogens is 294 g/mol. The maximum absolute atomic E-state index is 11.8. The zero-order valence-electron chi connectivity index (χ0n) is 13.1. The first-order valence-corrected chi connectivity index (χ1v) is 7.62. The van der Waals surface area contributed by atoms with E-state index in [1.807, 2.05) is 31.2 Å². The number of hydrogen-bond donors (Lipinski definition) is 2. The molecule has 5 nitrogen and oxygen atoms in total. The third-order valence-electron chi connectivity index (χ3n) is 3.08. The summed E-state index contributed by atoms with van der Waals surface area (Å²) in [6.07, 6.45) is 0.928. The largest absolute Gasteiger partial charge is 0.508 e. The second kappa shape index (κ2) is 8.68. The lowest BCUT2D eigenvalue weighted by Crippen LogP contribution is -2.12. The van der Waals surface area contributed by atoms with Crippen LogP contribution in [0.3, 0.4) is 0 Å². The fraction of sp³-hybridized carbons (Fsp3) is 0.278. The summed E-state index contributed by atoms with van der Waals surface area (Å²) in [4.78, 5) is 11.8. The van der Waals surface area contributed by atoms with Crippen LogP contribution in [0, 0.1) is 0 Å². The quantitative estimate of drug-likeness (QED) is 0.731. The van der Waals surface area contributed by atoms with E-state index >= 15 is 0 Å². The Morgan fingerprint density at radius 3 is 2.52 bits per heavy atom. The molecule has 2 aromatic rings. The highest BCUT2D eigenvalue weighted by Gasteiger charge is 2.05. The number of hydrogen-bond acceptors (Lipinski definition) is 4. The summed E-state index contributed by atoms with van der Waals surface area (Å²) >= 11 is 0. The molecule has 5 heteroatoms. The van der Waals surface area contributed by atoms with Crippen LogP contribution in [0.2, 0.25) is 0 Å². The van der Waals surface area contributed by atoms with Crippen LogP contribution >= 0.6 is 0 Å². The Morgan fingerprint density at radius 1 is 1.09 bits per heavy atom.